The summed E-state index contributed by atoms with van der Waals surface area (Å²) in [6, 6.07) is 0. The Bertz CT molecular complexity index is 88.9. The minimum absolute atomic E-state index is 1.32. The van der Waals surface area contributed by atoms with Crippen molar-refractivity contribution in [3.05, 3.63) is 0 Å². The summed E-state index contributed by atoms with van der Waals surface area (Å²) < 4.78 is 0. The van der Waals surface area contributed by atoms with Gasteiger partial charge in [-0.05, 0) is 66.0 Å². The topological polar surface area (TPSA) is 6.48 Å². The van der Waals surface area contributed by atoms with Gasteiger partial charge in [-0.25, -0.2) is 0 Å². The second-order valence-corrected chi connectivity index (χ2v) is 4.02. The molecule has 0 amide bonds. The van der Waals surface area contributed by atoms with Crippen molar-refractivity contribution in [1.29, 1.82) is 0 Å². The van der Waals surface area contributed by atoms with Gasteiger partial charge >= 0.3 is 0 Å². The van der Waals surface area contributed by atoms with Gasteiger partial charge in [0.25, 0.3) is 0 Å². The van der Waals surface area contributed by atoms with E-state index in [1.807, 2.05) is 13.8 Å². The third kappa shape index (κ3) is 7.34. The Kier molecular flexibility index (Phi) is 9.42. The van der Waals surface area contributed by atoms with Crippen LogP contribution in [0.25, 0.3) is 0 Å². The summed E-state index contributed by atoms with van der Waals surface area (Å²) in [6.45, 7) is 9.28. The average molecular weight is 200 g/mol. The molecule has 0 unspecified atom stereocenters. The first-order chi connectivity index (χ1) is 6.79. The van der Waals surface area contributed by atoms with E-state index in [0.717, 1.165) is 0 Å². The summed E-state index contributed by atoms with van der Waals surface area (Å²) in [6.07, 6.45) is 5.65. The summed E-state index contributed by atoms with van der Waals surface area (Å²) in [5.41, 5.74) is 0. The van der Waals surface area contributed by atoms with Gasteiger partial charge in [-0.2, -0.15) is 0 Å². The standard InChI is InChI=1S/2C5H11N.C2H6/c2*1-6-4-2-3-5-6;1-2/h2*2-5H2,1H3;1-2H3. The molecule has 0 bridgehead atoms. The van der Waals surface area contributed by atoms with E-state index in [2.05, 4.69) is 23.9 Å². The fraction of sp³-hybridized carbons (Fsp3) is 1.00. The predicted molar refractivity (Wildman–Crippen MR) is 64.8 cm³/mol. The van der Waals surface area contributed by atoms with Crippen LogP contribution in [-0.2, 0) is 0 Å². The Morgan fingerprint density at radius 3 is 0.857 bits per heavy atom. The lowest BCUT2D eigenvalue weighted by Gasteiger charge is -2.01. The highest BCUT2D eigenvalue weighted by atomic mass is 15.1. The maximum atomic E-state index is 2.36. The average Bonchev–Trinajstić information content (AvgIpc) is 2.83. The molecule has 2 heteroatoms. The second kappa shape index (κ2) is 9.47. The first-order valence-corrected chi connectivity index (χ1v) is 6.16. The maximum Gasteiger partial charge on any atom is -0.00213 e. The van der Waals surface area contributed by atoms with E-state index in [4.69, 9.17) is 0 Å². The monoisotopic (exact) mass is 200 g/mol. The summed E-state index contributed by atoms with van der Waals surface area (Å²) in [4.78, 5) is 4.72. The minimum atomic E-state index is 1.32. The van der Waals surface area contributed by atoms with Crippen LogP contribution in [0.2, 0.25) is 0 Å². The predicted octanol–water partition coefficient (Wildman–Crippen LogP) is 2.45. The molecular weight excluding hydrogens is 172 g/mol. The van der Waals surface area contributed by atoms with E-state index in [9.17, 15) is 0 Å². The Balaban J connectivity index is 0.000000206. The third-order valence-corrected chi connectivity index (χ3v) is 2.66. The lowest BCUT2D eigenvalue weighted by molar-refractivity contribution is 0.418. The van der Waals surface area contributed by atoms with Gasteiger partial charge in [0.2, 0.25) is 0 Å². The Hall–Kier alpha value is -0.0800. The van der Waals surface area contributed by atoms with Crippen molar-refractivity contribution in [3.8, 4) is 0 Å². The number of nitrogens with zero attached hydrogens (tertiary/aromatic N) is 2. The number of hydrogen-bond acceptors (Lipinski definition) is 2. The minimum Gasteiger partial charge on any atom is -0.306 e. The Morgan fingerprint density at radius 1 is 0.571 bits per heavy atom. The van der Waals surface area contributed by atoms with Crippen molar-refractivity contribution in [2.24, 2.45) is 0 Å². The van der Waals surface area contributed by atoms with Crippen LogP contribution in [0.15, 0.2) is 0 Å². The van der Waals surface area contributed by atoms with Crippen molar-refractivity contribution < 1.29 is 0 Å². The van der Waals surface area contributed by atoms with Crippen molar-refractivity contribution >= 4 is 0 Å². The first kappa shape index (κ1) is 13.9. The van der Waals surface area contributed by atoms with Crippen LogP contribution in [-0.4, -0.2) is 50.1 Å². The van der Waals surface area contributed by atoms with Crippen LogP contribution in [0, 0.1) is 0 Å². The molecule has 0 atom stereocenters. The molecule has 0 aromatic carbocycles. The van der Waals surface area contributed by atoms with Gasteiger partial charge in [-0.15, -0.1) is 0 Å². The molecule has 0 aromatic rings. The lowest BCUT2D eigenvalue weighted by atomic mass is 10.4. The molecule has 2 aliphatic heterocycles. The van der Waals surface area contributed by atoms with Crippen LogP contribution < -0.4 is 0 Å². The second-order valence-electron chi connectivity index (χ2n) is 4.02. The summed E-state index contributed by atoms with van der Waals surface area (Å²) >= 11 is 0. The van der Waals surface area contributed by atoms with Gasteiger partial charge in [0.15, 0.2) is 0 Å². The van der Waals surface area contributed by atoms with Crippen LogP contribution >= 0.6 is 0 Å². The van der Waals surface area contributed by atoms with Crippen LogP contribution in [0.3, 0.4) is 0 Å². The molecule has 2 rings (SSSR count). The molecule has 2 saturated heterocycles. The van der Waals surface area contributed by atoms with Gasteiger partial charge in [0.1, 0.15) is 0 Å². The molecule has 0 spiro atoms. The van der Waals surface area contributed by atoms with Crippen LogP contribution in [0.4, 0.5) is 0 Å². The maximum absolute atomic E-state index is 2.36. The summed E-state index contributed by atoms with van der Waals surface area (Å²) in [5, 5.41) is 0. The zero-order valence-electron chi connectivity index (χ0n) is 10.6. The highest BCUT2D eigenvalue weighted by molar-refractivity contribution is 4.59. The van der Waals surface area contributed by atoms with Crippen LogP contribution in [0.5, 0.6) is 0 Å². The summed E-state index contributed by atoms with van der Waals surface area (Å²) in [5.74, 6) is 0. The molecule has 0 radical (unpaired) electrons. The lowest BCUT2D eigenvalue weighted by Crippen LogP contribution is -2.10. The number of likely N-dealkylation sites (tertiary alicyclic amines) is 2. The first-order valence-electron chi connectivity index (χ1n) is 6.16. The van der Waals surface area contributed by atoms with Crippen molar-refractivity contribution in [2.75, 3.05) is 40.3 Å². The van der Waals surface area contributed by atoms with Gasteiger partial charge < -0.3 is 9.80 Å². The molecule has 0 saturated carbocycles. The van der Waals surface area contributed by atoms with Crippen molar-refractivity contribution in [1.82, 2.24) is 9.80 Å². The molecule has 2 fully saturated rings. The smallest absolute Gasteiger partial charge is 0.00213 e. The molecule has 2 heterocycles. The van der Waals surface area contributed by atoms with Crippen molar-refractivity contribution in [2.45, 2.75) is 39.5 Å². The molecule has 0 aliphatic carbocycles. The van der Waals surface area contributed by atoms with Crippen LogP contribution in [0.1, 0.15) is 39.5 Å². The third-order valence-electron chi connectivity index (χ3n) is 2.66. The number of rotatable bonds is 0. The van der Waals surface area contributed by atoms with E-state index in [1.54, 1.807) is 0 Å². The zero-order valence-corrected chi connectivity index (χ0v) is 10.6. The fourth-order valence-electron chi connectivity index (χ4n) is 1.75. The van der Waals surface area contributed by atoms with Gasteiger partial charge in [-0.3, -0.25) is 0 Å². The van der Waals surface area contributed by atoms with E-state index < -0.39 is 0 Å². The van der Waals surface area contributed by atoms with Gasteiger partial charge in [-0.1, -0.05) is 13.8 Å². The molecule has 0 N–H and O–H groups in total. The van der Waals surface area contributed by atoms with E-state index >= 15 is 0 Å². The number of hydrogen-bond donors (Lipinski definition) is 0. The molecular formula is C12H28N2. The molecule has 0 aromatic heterocycles. The molecule has 2 nitrogen and oxygen atoms in total. The molecule has 2 aliphatic rings. The SMILES string of the molecule is CC.CN1CCCC1.CN1CCCC1. The Labute approximate surface area is 90.3 Å². The van der Waals surface area contributed by atoms with Gasteiger partial charge in [0, 0.05) is 0 Å². The fourth-order valence-corrected chi connectivity index (χ4v) is 1.75. The zero-order chi connectivity index (χ0) is 10.8. The van der Waals surface area contributed by atoms with E-state index in [1.165, 1.54) is 51.9 Å². The quantitative estimate of drug-likeness (QED) is 0.592. The van der Waals surface area contributed by atoms with E-state index in [-0.39, 0.29) is 0 Å². The molecule has 86 valence electrons. The summed E-state index contributed by atoms with van der Waals surface area (Å²) in [7, 11) is 4.35. The normalized spacial score (nSPS) is 22.3. The highest BCUT2D eigenvalue weighted by Gasteiger charge is 2.03. The van der Waals surface area contributed by atoms with E-state index in [0.29, 0.717) is 0 Å². The largest absolute Gasteiger partial charge is 0.306 e. The molecule has 14 heavy (non-hydrogen) atoms. The highest BCUT2D eigenvalue weighted by Crippen LogP contribution is 2.02. The van der Waals surface area contributed by atoms with Gasteiger partial charge in [0.05, 0.1) is 0 Å². The Morgan fingerprint density at radius 2 is 0.786 bits per heavy atom. The van der Waals surface area contributed by atoms with Crippen molar-refractivity contribution in [3.63, 3.8) is 0 Å².